The van der Waals surface area contributed by atoms with E-state index < -0.39 is 5.97 Å². The maximum Gasteiger partial charge on any atom is 0.337 e. The van der Waals surface area contributed by atoms with E-state index in [9.17, 15) is 9.90 Å². The van der Waals surface area contributed by atoms with Gasteiger partial charge in [0.15, 0.2) is 0 Å². The normalized spacial score (nSPS) is 14.8. The highest BCUT2D eigenvalue weighted by Gasteiger charge is 2.26. The Labute approximate surface area is 87.6 Å². The van der Waals surface area contributed by atoms with Gasteiger partial charge in [-0.25, -0.2) is 4.79 Å². The Balaban J connectivity index is 2.57. The van der Waals surface area contributed by atoms with Crippen LogP contribution >= 0.6 is 11.3 Å². The van der Waals surface area contributed by atoms with Crippen LogP contribution in [0.2, 0.25) is 0 Å². The third kappa shape index (κ3) is 1.36. The van der Waals surface area contributed by atoms with Crippen LogP contribution in [-0.4, -0.2) is 11.1 Å². The standard InChI is InChI=1S/C11H14O2S/c1-6(2)10-9(11(12)13)7-4-3-5-8(7)14-10/h6H,3-5H2,1-2H3,(H,12,13). The predicted octanol–water partition coefficient (Wildman–Crippen LogP) is 3.06. The quantitative estimate of drug-likeness (QED) is 0.814. The molecule has 76 valence electrons. The second-order valence-electron chi connectivity index (χ2n) is 4.06. The lowest BCUT2D eigenvalue weighted by molar-refractivity contribution is 0.0695. The van der Waals surface area contributed by atoms with E-state index in [4.69, 9.17) is 0 Å². The van der Waals surface area contributed by atoms with Gasteiger partial charge in [0.25, 0.3) is 0 Å². The van der Waals surface area contributed by atoms with E-state index >= 15 is 0 Å². The predicted molar refractivity (Wildman–Crippen MR) is 57.4 cm³/mol. The Morgan fingerprint density at radius 2 is 2.14 bits per heavy atom. The first-order valence-electron chi connectivity index (χ1n) is 4.99. The van der Waals surface area contributed by atoms with Gasteiger partial charge in [0.1, 0.15) is 0 Å². The van der Waals surface area contributed by atoms with Crippen LogP contribution in [0.3, 0.4) is 0 Å². The average molecular weight is 210 g/mol. The number of fused-ring (bicyclic) bond motifs is 1. The lowest BCUT2D eigenvalue weighted by Gasteiger charge is -2.04. The third-order valence-corrected chi connectivity index (χ3v) is 4.28. The van der Waals surface area contributed by atoms with Crippen molar-refractivity contribution in [3.8, 4) is 0 Å². The molecule has 14 heavy (non-hydrogen) atoms. The summed E-state index contributed by atoms with van der Waals surface area (Å²) in [4.78, 5) is 13.5. The second kappa shape index (κ2) is 3.39. The van der Waals surface area contributed by atoms with Crippen molar-refractivity contribution in [1.29, 1.82) is 0 Å². The smallest absolute Gasteiger partial charge is 0.337 e. The highest BCUT2D eigenvalue weighted by atomic mass is 32.1. The monoisotopic (exact) mass is 210 g/mol. The van der Waals surface area contributed by atoms with Crippen molar-refractivity contribution >= 4 is 17.3 Å². The van der Waals surface area contributed by atoms with Crippen molar-refractivity contribution in [2.24, 2.45) is 0 Å². The molecule has 0 spiro atoms. The first-order chi connectivity index (χ1) is 6.61. The van der Waals surface area contributed by atoms with E-state index in [0.717, 1.165) is 29.7 Å². The molecule has 3 heteroatoms. The molecular weight excluding hydrogens is 196 g/mol. The van der Waals surface area contributed by atoms with Crippen LogP contribution in [0.5, 0.6) is 0 Å². The molecule has 1 heterocycles. The highest BCUT2D eigenvalue weighted by Crippen LogP contribution is 2.38. The van der Waals surface area contributed by atoms with Crippen LogP contribution in [0, 0.1) is 0 Å². The molecule has 1 aliphatic rings. The maximum absolute atomic E-state index is 11.2. The van der Waals surface area contributed by atoms with Gasteiger partial charge in [-0.15, -0.1) is 11.3 Å². The number of hydrogen-bond acceptors (Lipinski definition) is 2. The van der Waals surface area contributed by atoms with Gasteiger partial charge >= 0.3 is 5.97 Å². The Bertz CT molecular complexity index is 377. The molecule has 2 nitrogen and oxygen atoms in total. The molecule has 0 aliphatic heterocycles. The summed E-state index contributed by atoms with van der Waals surface area (Å²) < 4.78 is 0. The molecule has 1 aliphatic carbocycles. The molecule has 0 saturated heterocycles. The number of carboxylic acid groups (broad SMARTS) is 1. The second-order valence-corrected chi connectivity index (χ2v) is 5.19. The molecule has 0 aromatic carbocycles. The molecule has 0 saturated carbocycles. The maximum atomic E-state index is 11.2. The van der Waals surface area contributed by atoms with Crippen molar-refractivity contribution in [3.63, 3.8) is 0 Å². The van der Waals surface area contributed by atoms with Gasteiger partial charge in [-0.3, -0.25) is 0 Å². The zero-order valence-corrected chi connectivity index (χ0v) is 9.28. The van der Waals surface area contributed by atoms with Gasteiger partial charge < -0.3 is 5.11 Å². The molecule has 0 radical (unpaired) electrons. The molecule has 0 unspecified atom stereocenters. The zero-order chi connectivity index (χ0) is 10.3. The minimum absolute atomic E-state index is 0.330. The summed E-state index contributed by atoms with van der Waals surface area (Å²) in [7, 11) is 0. The number of aryl methyl sites for hydroxylation is 1. The molecule has 2 rings (SSSR count). The molecule has 0 fully saturated rings. The van der Waals surface area contributed by atoms with Gasteiger partial charge in [-0.05, 0) is 30.7 Å². The minimum Gasteiger partial charge on any atom is -0.478 e. The third-order valence-electron chi connectivity index (χ3n) is 2.69. The van der Waals surface area contributed by atoms with Crippen molar-refractivity contribution in [2.45, 2.75) is 39.0 Å². The van der Waals surface area contributed by atoms with Crippen LogP contribution in [0.1, 0.15) is 51.9 Å². The number of carbonyl (C=O) groups is 1. The largest absolute Gasteiger partial charge is 0.478 e. The van der Waals surface area contributed by atoms with Gasteiger partial charge in [0.05, 0.1) is 5.56 Å². The summed E-state index contributed by atoms with van der Waals surface area (Å²) in [6, 6.07) is 0. The Hall–Kier alpha value is -0.830. The van der Waals surface area contributed by atoms with Gasteiger partial charge in [0, 0.05) is 9.75 Å². The molecular formula is C11H14O2S. The molecule has 1 N–H and O–H groups in total. The van der Waals surface area contributed by atoms with Crippen LogP contribution in [-0.2, 0) is 12.8 Å². The van der Waals surface area contributed by atoms with E-state index in [-0.39, 0.29) is 0 Å². The SMILES string of the molecule is CC(C)c1sc2c(c1C(=O)O)CCC2. The molecule has 1 aromatic rings. The Morgan fingerprint density at radius 3 is 2.71 bits per heavy atom. The van der Waals surface area contributed by atoms with E-state index in [2.05, 4.69) is 13.8 Å². The molecule has 0 amide bonds. The first-order valence-corrected chi connectivity index (χ1v) is 5.80. The zero-order valence-electron chi connectivity index (χ0n) is 8.46. The number of thiophene rings is 1. The summed E-state index contributed by atoms with van der Waals surface area (Å²) in [5.74, 6) is -0.412. The van der Waals surface area contributed by atoms with Gasteiger partial charge in [-0.2, -0.15) is 0 Å². The Kier molecular flexibility index (Phi) is 2.35. The van der Waals surface area contributed by atoms with E-state index in [1.807, 2.05) is 0 Å². The summed E-state index contributed by atoms with van der Waals surface area (Å²) in [6.45, 7) is 4.13. The van der Waals surface area contributed by atoms with E-state index in [1.165, 1.54) is 4.88 Å². The van der Waals surface area contributed by atoms with Crippen LogP contribution in [0.25, 0.3) is 0 Å². The van der Waals surface area contributed by atoms with E-state index in [0.29, 0.717) is 11.5 Å². The van der Waals surface area contributed by atoms with Crippen molar-refractivity contribution in [2.75, 3.05) is 0 Å². The van der Waals surface area contributed by atoms with Crippen LogP contribution in [0.15, 0.2) is 0 Å². The number of rotatable bonds is 2. The van der Waals surface area contributed by atoms with Crippen molar-refractivity contribution in [3.05, 3.63) is 20.9 Å². The van der Waals surface area contributed by atoms with Crippen molar-refractivity contribution < 1.29 is 9.90 Å². The van der Waals surface area contributed by atoms with Crippen molar-refractivity contribution in [1.82, 2.24) is 0 Å². The number of hydrogen-bond donors (Lipinski definition) is 1. The highest BCUT2D eigenvalue weighted by molar-refractivity contribution is 7.12. The fourth-order valence-corrected chi connectivity index (χ4v) is 3.45. The minimum atomic E-state index is -0.742. The summed E-state index contributed by atoms with van der Waals surface area (Å²) >= 11 is 1.70. The van der Waals surface area contributed by atoms with Gasteiger partial charge in [-0.1, -0.05) is 13.8 Å². The van der Waals surface area contributed by atoms with Crippen LogP contribution < -0.4 is 0 Å². The fraction of sp³-hybridized carbons (Fsp3) is 0.545. The van der Waals surface area contributed by atoms with Gasteiger partial charge in [0.2, 0.25) is 0 Å². The molecule has 0 atom stereocenters. The molecule has 0 bridgehead atoms. The fourth-order valence-electron chi connectivity index (χ4n) is 2.07. The summed E-state index contributed by atoms with van der Waals surface area (Å²) in [5, 5.41) is 9.17. The van der Waals surface area contributed by atoms with E-state index in [1.54, 1.807) is 11.3 Å². The average Bonchev–Trinajstić information content (AvgIpc) is 2.58. The topological polar surface area (TPSA) is 37.3 Å². The lowest BCUT2D eigenvalue weighted by atomic mass is 10.0. The summed E-state index contributed by atoms with van der Waals surface area (Å²) in [5.41, 5.74) is 1.73. The number of carboxylic acids is 1. The Morgan fingerprint density at radius 1 is 1.43 bits per heavy atom. The molecule has 1 aromatic heterocycles. The van der Waals surface area contributed by atoms with Crippen LogP contribution in [0.4, 0.5) is 0 Å². The number of aromatic carboxylic acids is 1. The first kappa shape index (κ1) is 9.71. The lowest BCUT2D eigenvalue weighted by Crippen LogP contribution is -2.03. The summed E-state index contributed by atoms with van der Waals surface area (Å²) in [6.07, 6.45) is 3.16.